The molecule has 1 aliphatic heterocycles. The molecule has 0 spiro atoms. The van der Waals surface area contributed by atoms with E-state index in [1.54, 1.807) is 0 Å². The molecule has 206 valence electrons. The van der Waals surface area contributed by atoms with Crippen LogP contribution in [0.25, 0.3) is 22.4 Å². The third kappa shape index (κ3) is 6.83. The van der Waals surface area contributed by atoms with Crippen LogP contribution in [0, 0.1) is 0 Å². The van der Waals surface area contributed by atoms with E-state index in [2.05, 4.69) is 91.8 Å². The summed E-state index contributed by atoms with van der Waals surface area (Å²) in [6.07, 6.45) is 6.19. The molecule has 5 nitrogen and oxygen atoms in total. The van der Waals surface area contributed by atoms with Gasteiger partial charge in [-0.25, -0.2) is 4.98 Å². The van der Waals surface area contributed by atoms with Gasteiger partial charge in [0.2, 0.25) is 0 Å². The number of aromatic nitrogens is 2. The molecule has 4 aromatic rings. The van der Waals surface area contributed by atoms with Crippen LogP contribution in [0.3, 0.4) is 0 Å². The lowest BCUT2D eigenvalue weighted by Gasteiger charge is -2.26. The molecule has 1 saturated heterocycles. The van der Waals surface area contributed by atoms with E-state index in [1.807, 2.05) is 12.1 Å². The molecule has 1 aromatic heterocycles. The molecule has 0 atom stereocenters. The number of nitrogens with zero attached hydrogens (tertiary/aromatic N) is 3. The average Bonchev–Trinajstić information content (AvgIpc) is 3.30. The highest BCUT2D eigenvalue weighted by Crippen LogP contribution is 2.32. The molecule has 2 heterocycles. The van der Waals surface area contributed by atoms with Crippen LogP contribution in [0.15, 0.2) is 66.7 Å². The maximum Gasteiger partial charge on any atom is 0.141 e. The molecule has 5 heteroatoms. The van der Waals surface area contributed by atoms with Crippen molar-refractivity contribution in [3.05, 3.63) is 72.3 Å². The fraction of sp³-hybridized carbons (Fsp3) is 0.441. The van der Waals surface area contributed by atoms with Crippen molar-refractivity contribution in [3.8, 4) is 28.6 Å². The van der Waals surface area contributed by atoms with E-state index in [-0.39, 0.29) is 5.41 Å². The summed E-state index contributed by atoms with van der Waals surface area (Å²) >= 11 is 0. The molecule has 0 N–H and O–H groups in total. The highest BCUT2D eigenvalue weighted by Gasteiger charge is 2.16. The van der Waals surface area contributed by atoms with Gasteiger partial charge < -0.3 is 14.0 Å². The first-order valence-electron chi connectivity index (χ1n) is 14.6. The van der Waals surface area contributed by atoms with E-state index in [1.165, 1.54) is 37.9 Å². The van der Waals surface area contributed by atoms with Crippen LogP contribution in [0.1, 0.15) is 65.4 Å². The minimum atomic E-state index is 0.119. The topological polar surface area (TPSA) is 39.5 Å². The van der Waals surface area contributed by atoms with Crippen molar-refractivity contribution in [2.24, 2.45) is 0 Å². The van der Waals surface area contributed by atoms with Crippen LogP contribution in [0.5, 0.6) is 17.2 Å². The molecule has 0 bridgehead atoms. The van der Waals surface area contributed by atoms with E-state index < -0.39 is 0 Å². The standard InChI is InChI=1S/C34H43N3O2/c1-5-6-21-37-32-25-29(38-23-22-36-19-8-7-9-20-36)17-18-31(32)35-33(37)26-11-10-12-30(24-26)39-28-15-13-27(14-16-28)34(2,3)4/h10-18,24-25H,5-9,19-23H2,1-4H3. The van der Waals surface area contributed by atoms with Gasteiger partial charge in [-0.3, -0.25) is 4.90 Å². The highest BCUT2D eigenvalue weighted by atomic mass is 16.5. The summed E-state index contributed by atoms with van der Waals surface area (Å²) < 4.78 is 14.8. The zero-order valence-electron chi connectivity index (χ0n) is 24.1. The predicted molar refractivity (Wildman–Crippen MR) is 161 cm³/mol. The Hall–Kier alpha value is -3.31. The third-order valence-corrected chi connectivity index (χ3v) is 7.63. The Kier molecular flexibility index (Phi) is 8.56. The van der Waals surface area contributed by atoms with E-state index in [9.17, 15) is 0 Å². The number of hydrogen-bond acceptors (Lipinski definition) is 4. The highest BCUT2D eigenvalue weighted by molar-refractivity contribution is 5.82. The largest absolute Gasteiger partial charge is 0.492 e. The Balaban J connectivity index is 1.37. The number of hydrogen-bond donors (Lipinski definition) is 0. The maximum atomic E-state index is 6.26. The summed E-state index contributed by atoms with van der Waals surface area (Å²) in [5, 5.41) is 0. The van der Waals surface area contributed by atoms with E-state index in [0.717, 1.165) is 72.2 Å². The lowest BCUT2D eigenvalue weighted by atomic mass is 9.87. The van der Waals surface area contributed by atoms with Crippen LogP contribution in [-0.2, 0) is 12.0 Å². The van der Waals surface area contributed by atoms with Crippen molar-refractivity contribution in [1.82, 2.24) is 14.5 Å². The van der Waals surface area contributed by atoms with Gasteiger partial charge in [-0.05, 0) is 79.7 Å². The van der Waals surface area contributed by atoms with Gasteiger partial charge in [0, 0.05) is 24.7 Å². The summed E-state index contributed by atoms with van der Waals surface area (Å²) in [4.78, 5) is 7.57. The zero-order chi connectivity index (χ0) is 27.2. The predicted octanol–water partition coefficient (Wildman–Crippen LogP) is 8.46. The van der Waals surface area contributed by atoms with Gasteiger partial charge in [0.25, 0.3) is 0 Å². The molecule has 5 rings (SSSR count). The number of benzene rings is 3. The van der Waals surface area contributed by atoms with Crippen molar-refractivity contribution >= 4 is 11.0 Å². The number of rotatable bonds is 10. The summed E-state index contributed by atoms with van der Waals surface area (Å²) in [5.41, 5.74) is 4.59. The first-order valence-corrected chi connectivity index (χ1v) is 14.6. The first-order chi connectivity index (χ1) is 18.9. The number of fused-ring (bicyclic) bond motifs is 1. The Morgan fingerprint density at radius 1 is 0.821 bits per heavy atom. The van der Waals surface area contributed by atoms with Crippen LogP contribution < -0.4 is 9.47 Å². The smallest absolute Gasteiger partial charge is 0.141 e. The van der Waals surface area contributed by atoms with Crippen molar-refractivity contribution in [1.29, 1.82) is 0 Å². The number of likely N-dealkylation sites (tertiary alicyclic amines) is 1. The second kappa shape index (κ2) is 12.3. The van der Waals surface area contributed by atoms with Gasteiger partial charge in [0.1, 0.15) is 29.7 Å². The number of aryl methyl sites for hydroxylation is 1. The SMILES string of the molecule is CCCCn1c(-c2cccc(Oc3ccc(C(C)(C)C)cc3)c2)nc2ccc(OCCN3CCCCC3)cc21. The normalized spacial score (nSPS) is 14.6. The molecule has 0 unspecified atom stereocenters. The molecule has 0 saturated carbocycles. The maximum absolute atomic E-state index is 6.26. The second-order valence-corrected chi connectivity index (χ2v) is 11.7. The van der Waals surface area contributed by atoms with Crippen molar-refractivity contribution in [2.45, 2.75) is 71.8 Å². The number of unbranched alkanes of at least 4 members (excludes halogenated alkanes) is 1. The molecule has 0 aliphatic carbocycles. The van der Waals surface area contributed by atoms with Gasteiger partial charge in [-0.15, -0.1) is 0 Å². The Bertz CT molecular complexity index is 1360. The van der Waals surface area contributed by atoms with Gasteiger partial charge >= 0.3 is 0 Å². The third-order valence-electron chi connectivity index (χ3n) is 7.63. The number of piperidine rings is 1. The molecular formula is C34H43N3O2. The van der Waals surface area contributed by atoms with Crippen LogP contribution in [0.2, 0.25) is 0 Å². The summed E-state index contributed by atoms with van der Waals surface area (Å²) in [5.74, 6) is 3.54. The lowest BCUT2D eigenvalue weighted by molar-refractivity contribution is 0.183. The number of ether oxygens (including phenoxy) is 2. The van der Waals surface area contributed by atoms with E-state index in [4.69, 9.17) is 14.5 Å². The Labute approximate surface area is 233 Å². The molecule has 0 radical (unpaired) electrons. The van der Waals surface area contributed by atoms with Crippen LogP contribution >= 0.6 is 0 Å². The molecule has 39 heavy (non-hydrogen) atoms. The van der Waals surface area contributed by atoms with Gasteiger partial charge in [-0.2, -0.15) is 0 Å². The quantitative estimate of drug-likeness (QED) is 0.208. The van der Waals surface area contributed by atoms with Crippen molar-refractivity contribution < 1.29 is 9.47 Å². The van der Waals surface area contributed by atoms with Gasteiger partial charge in [0.05, 0.1) is 11.0 Å². The molecular weight excluding hydrogens is 482 g/mol. The van der Waals surface area contributed by atoms with Crippen LogP contribution in [0.4, 0.5) is 0 Å². The lowest BCUT2D eigenvalue weighted by Crippen LogP contribution is -2.33. The average molecular weight is 526 g/mol. The number of imidazole rings is 1. The van der Waals surface area contributed by atoms with Gasteiger partial charge in [0.15, 0.2) is 0 Å². The zero-order valence-corrected chi connectivity index (χ0v) is 24.1. The summed E-state index contributed by atoms with van der Waals surface area (Å²) in [6.45, 7) is 13.9. The molecule has 1 aliphatic rings. The van der Waals surface area contributed by atoms with Crippen LogP contribution in [-0.4, -0.2) is 40.7 Å². The van der Waals surface area contributed by atoms with E-state index >= 15 is 0 Å². The minimum absolute atomic E-state index is 0.119. The first kappa shape index (κ1) is 27.3. The molecule has 0 amide bonds. The summed E-state index contributed by atoms with van der Waals surface area (Å²) in [7, 11) is 0. The Morgan fingerprint density at radius 3 is 2.33 bits per heavy atom. The van der Waals surface area contributed by atoms with Crippen molar-refractivity contribution in [2.75, 3.05) is 26.2 Å². The fourth-order valence-corrected chi connectivity index (χ4v) is 5.29. The van der Waals surface area contributed by atoms with Crippen molar-refractivity contribution in [3.63, 3.8) is 0 Å². The van der Waals surface area contributed by atoms with Gasteiger partial charge in [-0.1, -0.05) is 64.8 Å². The fourth-order valence-electron chi connectivity index (χ4n) is 5.29. The second-order valence-electron chi connectivity index (χ2n) is 11.7. The minimum Gasteiger partial charge on any atom is -0.492 e. The molecule has 3 aromatic carbocycles. The Morgan fingerprint density at radius 2 is 1.59 bits per heavy atom. The monoisotopic (exact) mass is 525 g/mol. The van der Waals surface area contributed by atoms with E-state index in [0.29, 0.717) is 0 Å². The molecule has 1 fully saturated rings. The summed E-state index contributed by atoms with van der Waals surface area (Å²) in [6, 6.07) is 23.0.